The maximum atomic E-state index is 13.7. The van der Waals surface area contributed by atoms with Crippen molar-refractivity contribution in [3.63, 3.8) is 0 Å². The molecule has 1 unspecified atom stereocenters. The summed E-state index contributed by atoms with van der Waals surface area (Å²) >= 11 is 0. The largest absolute Gasteiger partial charge is 0.431 e. The van der Waals surface area contributed by atoms with E-state index in [0.29, 0.717) is 31.1 Å². The number of hydrogen-bond donors (Lipinski definition) is 2. The molecule has 0 spiro atoms. The lowest BCUT2D eigenvalue weighted by molar-refractivity contribution is -0.206. The van der Waals surface area contributed by atoms with Crippen molar-refractivity contribution in [3.05, 3.63) is 46.8 Å². The van der Waals surface area contributed by atoms with Gasteiger partial charge in [-0.3, -0.25) is 5.32 Å². The highest BCUT2D eigenvalue weighted by atomic mass is 19.4. The van der Waals surface area contributed by atoms with E-state index in [1.54, 1.807) is 6.92 Å². The zero-order valence-electron chi connectivity index (χ0n) is 16.5. The fourth-order valence-corrected chi connectivity index (χ4v) is 3.73. The Balaban J connectivity index is 1.96. The van der Waals surface area contributed by atoms with Crippen molar-refractivity contribution in [2.75, 3.05) is 18.4 Å². The fraction of sp³-hybridized carbons (Fsp3) is 0.350. The van der Waals surface area contributed by atoms with E-state index in [0.717, 1.165) is 23.9 Å². The Labute approximate surface area is 177 Å². The third-order valence-corrected chi connectivity index (χ3v) is 5.19. The van der Waals surface area contributed by atoms with Crippen LogP contribution >= 0.6 is 0 Å². The van der Waals surface area contributed by atoms with Gasteiger partial charge in [-0.2, -0.15) is 26.3 Å². The highest BCUT2D eigenvalue weighted by Crippen LogP contribution is 2.46. The van der Waals surface area contributed by atoms with Gasteiger partial charge >= 0.3 is 18.4 Å². The molecule has 12 heteroatoms. The average molecular weight is 458 g/mol. The maximum Gasteiger partial charge on any atom is 0.430 e. The van der Waals surface area contributed by atoms with Crippen LogP contribution < -0.4 is 10.6 Å². The number of fused-ring (bicyclic) bond motifs is 1. The van der Waals surface area contributed by atoms with Gasteiger partial charge in [-0.1, -0.05) is 5.57 Å². The number of rotatable bonds is 2. The molecule has 0 aromatic carbocycles. The Morgan fingerprint density at radius 1 is 1.12 bits per heavy atom. The summed E-state index contributed by atoms with van der Waals surface area (Å²) in [5.41, 5.74) is -0.841. The molecule has 0 saturated carbocycles. The smallest absolute Gasteiger partial charge is 0.430 e. The first kappa shape index (κ1) is 22.1. The molecular weight excluding hydrogens is 442 g/mol. The van der Waals surface area contributed by atoms with Crippen LogP contribution in [0, 0.1) is 0 Å². The van der Waals surface area contributed by atoms with Crippen molar-refractivity contribution in [2.45, 2.75) is 31.8 Å². The summed E-state index contributed by atoms with van der Waals surface area (Å²) < 4.78 is 86.3. The van der Waals surface area contributed by atoms with Gasteiger partial charge < -0.3 is 10.1 Å². The number of amides is 1. The maximum absolute atomic E-state index is 13.7. The van der Waals surface area contributed by atoms with Crippen molar-refractivity contribution >= 4 is 17.5 Å². The van der Waals surface area contributed by atoms with Crippen LogP contribution in [0.3, 0.4) is 0 Å². The van der Waals surface area contributed by atoms with Gasteiger partial charge in [0.05, 0.1) is 22.5 Å². The predicted molar refractivity (Wildman–Crippen MR) is 101 cm³/mol. The Morgan fingerprint density at radius 2 is 1.84 bits per heavy atom. The van der Waals surface area contributed by atoms with Gasteiger partial charge in [0.25, 0.3) is 0 Å². The van der Waals surface area contributed by atoms with Crippen LogP contribution in [0.5, 0.6) is 0 Å². The molecule has 0 aliphatic carbocycles. The molecule has 4 heterocycles. The number of carbonyl (C=O) groups excluding carboxylic acids is 1. The first-order chi connectivity index (χ1) is 14.9. The van der Waals surface area contributed by atoms with E-state index in [4.69, 9.17) is 0 Å². The molecule has 2 aliphatic rings. The molecule has 4 rings (SSSR count). The summed E-state index contributed by atoms with van der Waals surface area (Å²) in [5, 5.41) is 5.16. The summed E-state index contributed by atoms with van der Waals surface area (Å²) in [6.07, 6.45) is -12.3. The van der Waals surface area contributed by atoms with E-state index in [2.05, 4.69) is 25.3 Å². The summed E-state index contributed by atoms with van der Waals surface area (Å²) in [6.45, 7) is 2.74. The van der Waals surface area contributed by atoms with Crippen molar-refractivity contribution in [2.24, 2.45) is 0 Å². The third kappa shape index (κ3) is 4.14. The number of ether oxygens (including phenoxy) is 1. The number of pyridine rings is 2. The average Bonchev–Trinajstić information content (AvgIpc) is 2.71. The minimum atomic E-state index is -5.01. The van der Waals surface area contributed by atoms with Crippen LogP contribution in [0.25, 0.3) is 16.8 Å². The third-order valence-electron chi connectivity index (χ3n) is 5.19. The lowest BCUT2D eigenvalue weighted by atomic mass is 9.95. The van der Waals surface area contributed by atoms with E-state index < -0.39 is 41.5 Å². The first-order valence-electron chi connectivity index (χ1n) is 9.48. The molecule has 2 aliphatic heterocycles. The van der Waals surface area contributed by atoms with Gasteiger partial charge in [0.1, 0.15) is 5.82 Å². The molecule has 1 amide bonds. The molecule has 32 heavy (non-hydrogen) atoms. The molecule has 1 atom stereocenters. The Bertz CT molecular complexity index is 1110. The number of cyclic esters (lactones) is 1. The predicted octanol–water partition coefficient (Wildman–Crippen LogP) is 5.09. The summed E-state index contributed by atoms with van der Waals surface area (Å²) in [7, 11) is 0. The minimum absolute atomic E-state index is 0.0312. The quantitative estimate of drug-likeness (QED) is 0.613. The second kappa shape index (κ2) is 7.76. The SMILES string of the molecule is CC1=C(c2cc(C(F)(F)F)cc(-c3ccnc4c3C(C(F)(F)F)OC(=O)N4)n2)CCNC1. The van der Waals surface area contributed by atoms with Crippen molar-refractivity contribution in [1.82, 2.24) is 15.3 Å². The molecule has 0 saturated heterocycles. The van der Waals surface area contributed by atoms with Gasteiger partial charge in [-0.25, -0.2) is 14.8 Å². The molecule has 0 bridgehead atoms. The highest BCUT2D eigenvalue weighted by Gasteiger charge is 2.49. The summed E-state index contributed by atoms with van der Waals surface area (Å²) in [5.74, 6) is -0.445. The zero-order valence-corrected chi connectivity index (χ0v) is 16.5. The second-order valence-electron chi connectivity index (χ2n) is 7.38. The molecular formula is C20H16F6N4O2. The molecule has 2 N–H and O–H groups in total. The number of anilines is 1. The molecule has 6 nitrogen and oxygen atoms in total. The monoisotopic (exact) mass is 458 g/mol. The van der Waals surface area contributed by atoms with Gasteiger partial charge in [-0.05, 0) is 43.7 Å². The molecule has 2 aromatic rings. The van der Waals surface area contributed by atoms with E-state index in [1.807, 2.05) is 0 Å². The van der Waals surface area contributed by atoms with Crippen molar-refractivity contribution in [3.8, 4) is 11.3 Å². The number of hydrogen-bond acceptors (Lipinski definition) is 5. The van der Waals surface area contributed by atoms with Crippen LogP contribution in [-0.4, -0.2) is 35.3 Å². The number of nitrogens with zero attached hydrogens (tertiary/aromatic N) is 2. The topological polar surface area (TPSA) is 76.1 Å². The molecule has 170 valence electrons. The van der Waals surface area contributed by atoms with E-state index in [1.165, 1.54) is 0 Å². The molecule has 0 fully saturated rings. The summed E-state index contributed by atoms with van der Waals surface area (Å²) in [6, 6.07) is 2.69. The lowest BCUT2D eigenvalue weighted by Crippen LogP contribution is -2.34. The Hall–Kier alpha value is -3.15. The van der Waals surface area contributed by atoms with Crippen molar-refractivity contribution in [1.29, 1.82) is 0 Å². The van der Waals surface area contributed by atoms with E-state index in [-0.39, 0.29) is 17.0 Å². The van der Waals surface area contributed by atoms with Crippen LogP contribution in [0.4, 0.5) is 37.0 Å². The lowest BCUT2D eigenvalue weighted by Gasteiger charge is -2.29. The van der Waals surface area contributed by atoms with Crippen LogP contribution in [0.2, 0.25) is 0 Å². The van der Waals surface area contributed by atoms with Crippen molar-refractivity contribution < 1.29 is 35.9 Å². The minimum Gasteiger partial charge on any atom is -0.431 e. The second-order valence-corrected chi connectivity index (χ2v) is 7.38. The highest BCUT2D eigenvalue weighted by molar-refractivity contribution is 5.89. The van der Waals surface area contributed by atoms with Gasteiger partial charge in [0, 0.05) is 18.3 Å². The number of carbonyl (C=O) groups is 1. The van der Waals surface area contributed by atoms with Gasteiger partial charge in [0.15, 0.2) is 0 Å². The number of aromatic nitrogens is 2. The van der Waals surface area contributed by atoms with Crippen LogP contribution in [0.1, 0.15) is 36.3 Å². The standard InChI is InChI=1S/C20H16F6N4O2/c1-9-8-27-4-2-11(9)13-6-10(19(21,22)23)7-14(29-13)12-3-5-28-17-15(12)16(20(24,25)26)32-18(31)30-17/h3,5-7,16,27H,2,4,8H2,1H3,(H,28,30,31). The summed E-state index contributed by atoms with van der Waals surface area (Å²) in [4.78, 5) is 19.6. The van der Waals surface area contributed by atoms with Crippen LogP contribution in [0.15, 0.2) is 30.0 Å². The fourth-order valence-electron chi connectivity index (χ4n) is 3.73. The van der Waals surface area contributed by atoms with Crippen LogP contribution in [-0.2, 0) is 10.9 Å². The number of halogens is 6. The van der Waals surface area contributed by atoms with E-state index in [9.17, 15) is 31.1 Å². The van der Waals surface area contributed by atoms with Gasteiger partial charge in [0.2, 0.25) is 6.10 Å². The zero-order chi connectivity index (χ0) is 23.3. The number of alkyl halides is 6. The molecule has 2 aromatic heterocycles. The Morgan fingerprint density at radius 3 is 2.50 bits per heavy atom. The Kier molecular flexibility index (Phi) is 5.35. The van der Waals surface area contributed by atoms with Gasteiger partial charge in [-0.15, -0.1) is 0 Å². The first-order valence-corrected chi connectivity index (χ1v) is 9.48. The normalized spacial score (nSPS) is 19.3. The molecule has 0 radical (unpaired) electrons. The number of nitrogens with one attached hydrogen (secondary N) is 2. The van der Waals surface area contributed by atoms with E-state index >= 15 is 0 Å².